The second kappa shape index (κ2) is 4.37. The van der Waals surface area contributed by atoms with E-state index in [-0.39, 0.29) is 23.3 Å². The summed E-state index contributed by atoms with van der Waals surface area (Å²) < 4.78 is 13.0. The second-order valence-electron chi connectivity index (χ2n) is 2.62. The van der Waals surface area contributed by atoms with Crippen LogP contribution in [0.3, 0.4) is 0 Å². The molecule has 13 heavy (non-hydrogen) atoms. The summed E-state index contributed by atoms with van der Waals surface area (Å²) in [5, 5.41) is 9.11. The van der Waals surface area contributed by atoms with Gasteiger partial charge in [-0.25, -0.2) is 4.39 Å². The highest BCUT2D eigenvalue weighted by Gasteiger charge is 2.07. The van der Waals surface area contributed by atoms with Crippen LogP contribution in [0.25, 0.3) is 0 Å². The first kappa shape index (κ1) is 10.2. The number of hydrogen-bond acceptors (Lipinski definition) is 2. The predicted molar refractivity (Wildman–Crippen MR) is 50.6 cm³/mol. The van der Waals surface area contributed by atoms with Crippen LogP contribution >= 0.6 is 15.9 Å². The maximum absolute atomic E-state index is 13.0. The lowest BCUT2D eigenvalue weighted by molar-refractivity contribution is -0.115. The van der Waals surface area contributed by atoms with E-state index >= 15 is 0 Å². The number of aromatic hydroxyl groups is 1. The summed E-state index contributed by atoms with van der Waals surface area (Å²) in [4.78, 5) is 10.9. The van der Waals surface area contributed by atoms with Gasteiger partial charge in [-0.3, -0.25) is 4.79 Å². The molecule has 70 valence electrons. The van der Waals surface area contributed by atoms with E-state index in [1.165, 1.54) is 12.1 Å². The zero-order chi connectivity index (χ0) is 9.84. The number of Topliss-reactive ketones (excluding diaryl/α,β-unsaturated/α-hetero) is 1. The number of alkyl halides is 1. The Morgan fingerprint density at radius 2 is 2.23 bits per heavy atom. The lowest BCUT2D eigenvalue weighted by Gasteiger charge is -2.00. The second-order valence-corrected chi connectivity index (χ2v) is 3.19. The van der Waals surface area contributed by atoms with E-state index in [2.05, 4.69) is 15.9 Å². The Kier molecular flexibility index (Phi) is 3.42. The van der Waals surface area contributed by atoms with Crippen molar-refractivity contribution < 1.29 is 14.3 Å². The zero-order valence-electron chi connectivity index (χ0n) is 6.76. The molecule has 0 saturated carbocycles. The summed E-state index contributed by atoms with van der Waals surface area (Å²) in [5.41, 5.74) is 0.308. The first-order chi connectivity index (χ1) is 6.13. The number of phenols is 1. The molecule has 0 heterocycles. The molecule has 0 aromatic heterocycles. The minimum atomic E-state index is -0.547. The van der Waals surface area contributed by atoms with Gasteiger partial charge in [-0.1, -0.05) is 22.0 Å². The number of carbonyl (C=O) groups excluding carboxylic acids is 1. The van der Waals surface area contributed by atoms with Crippen LogP contribution in [-0.4, -0.2) is 16.2 Å². The minimum absolute atomic E-state index is 0.0529. The van der Waals surface area contributed by atoms with E-state index in [4.69, 9.17) is 5.11 Å². The van der Waals surface area contributed by atoms with Crippen molar-refractivity contribution in [3.63, 3.8) is 0 Å². The molecule has 1 aromatic carbocycles. The molecule has 4 heteroatoms. The van der Waals surface area contributed by atoms with E-state index in [0.717, 1.165) is 6.07 Å². The largest absolute Gasteiger partial charge is 0.508 e. The van der Waals surface area contributed by atoms with Gasteiger partial charge in [-0.05, 0) is 11.6 Å². The molecule has 0 unspecified atom stereocenters. The Labute approximate surface area is 83.5 Å². The van der Waals surface area contributed by atoms with Crippen LogP contribution in [-0.2, 0) is 11.2 Å². The lowest BCUT2D eigenvalue weighted by Crippen LogP contribution is -2.04. The fourth-order valence-electron chi connectivity index (χ4n) is 0.939. The minimum Gasteiger partial charge on any atom is -0.508 e. The molecule has 1 rings (SSSR count). The molecule has 0 radical (unpaired) electrons. The van der Waals surface area contributed by atoms with Crippen LogP contribution in [0.4, 0.5) is 4.39 Å². The van der Waals surface area contributed by atoms with Crippen molar-refractivity contribution in [1.29, 1.82) is 0 Å². The van der Waals surface area contributed by atoms with Gasteiger partial charge in [0.15, 0.2) is 0 Å². The van der Waals surface area contributed by atoms with Crippen LogP contribution in [0, 0.1) is 5.82 Å². The number of benzene rings is 1. The van der Waals surface area contributed by atoms with Gasteiger partial charge in [-0.15, -0.1) is 0 Å². The molecule has 2 nitrogen and oxygen atoms in total. The van der Waals surface area contributed by atoms with Gasteiger partial charge < -0.3 is 5.11 Å². The highest BCUT2D eigenvalue weighted by Crippen LogP contribution is 2.15. The van der Waals surface area contributed by atoms with Crippen LogP contribution in [0.15, 0.2) is 18.2 Å². The van der Waals surface area contributed by atoms with Crippen molar-refractivity contribution in [1.82, 2.24) is 0 Å². The van der Waals surface area contributed by atoms with Crippen molar-refractivity contribution in [3.8, 4) is 5.75 Å². The normalized spacial score (nSPS) is 10.0. The van der Waals surface area contributed by atoms with E-state index in [9.17, 15) is 9.18 Å². The Balaban J connectivity index is 2.83. The molecule has 0 fully saturated rings. The number of rotatable bonds is 3. The van der Waals surface area contributed by atoms with Gasteiger partial charge in [0, 0.05) is 12.5 Å². The topological polar surface area (TPSA) is 37.3 Å². The third kappa shape index (κ3) is 2.81. The zero-order valence-corrected chi connectivity index (χ0v) is 8.34. The maximum atomic E-state index is 13.0. The quantitative estimate of drug-likeness (QED) is 0.830. The third-order valence-corrected chi connectivity index (χ3v) is 2.20. The average Bonchev–Trinajstić information content (AvgIpc) is 2.09. The maximum Gasteiger partial charge on any atom is 0.147 e. The monoisotopic (exact) mass is 246 g/mol. The Hall–Kier alpha value is -0.900. The van der Waals surface area contributed by atoms with Crippen LogP contribution in [0.1, 0.15) is 5.56 Å². The predicted octanol–water partition coefficient (Wildman–Crippen LogP) is 2.04. The molecule has 0 aliphatic rings. The molecular weight excluding hydrogens is 239 g/mol. The smallest absolute Gasteiger partial charge is 0.147 e. The summed E-state index contributed by atoms with van der Waals surface area (Å²) in [5.74, 6) is -0.772. The molecule has 0 spiro atoms. The molecule has 0 aliphatic carbocycles. The number of ketones is 1. The van der Waals surface area contributed by atoms with Crippen LogP contribution in [0.5, 0.6) is 5.75 Å². The number of hydrogen-bond donors (Lipinski definition) is 1. The van der Waals surface area contributed by atoms with Crippen molar-refractivity contribution in [2.45, 2.75) is 6.42 Å². The fourth-order valence-corrected chi connectivity index (χ4v) is 1.14. The molecule has 0 aliphatic heterocycles. The summed E-state index contributed by atoms with van der Waals surface area (Å²) >= 11 is 2.99. The Morgan fingerprint density at radius 3 is 2.77 bits per heavy atom. The molecule has 0 atom stereocenters. The van der Waals surface area contributed by atoms with Gasteiger partial charge in [0.1, 0.15) is 17.3 Å². The van der Waals surface area contributed by atoms with Crippen molar-refractivity contribution in [3.05, 3.63) is 29.6 Å². The van der Waals surface area contributed by atoms with Gasteiger partial charge in [0.2, 0.25) is 0 Å². The SMILES string of the molecule is O=C(CBr)Cc1ccc(O)cc1F. The highest BCUT2D eigenvalue weighted by molar-refractivity contribution is 9.09. The summed E-state index contributed by atoms with van der Waals surface area (Å²) in [6, 6.07) is 3.77. The van der Waals surface area contributed by atoms with E-state index in [1.807, 2.05) is 0 Å². The van der Waals surface area contributed by atoms with Crippen molar-refractivity contribution in [2.75, 3.05) is 5.33 Å². The fraction of sp³-hybridized carbons (Fsp3) is 0.222. The molecule has 0 amide bonds. The Bertz CT molecular complexity index is 325. The molecule has 0 saturated heterocycles. The standard InChI is InChI=1S/C9H8BrFO2/c10-5-8(13)3-6-1-2-7(12)4-9(6)11/h1-2,4,12H,3,5H2. The number of halogens is 2. The van der Waals surface area contributed by atoms with Crippen molar-refractivity contribution >= 4 is 21.7 Å². The van der Waals surface area contributed by atoms with Crippen LogP contribution < -0.4 is 0 Å². The summed E-state index contributed by atoms with van der Waals surface area (Å²) in [6.45, 7) is 0. The molecular formula is C9H8BrFO2. The Morgan fingerprint density at radius 1 is 1.54 bits per heavy atom. The molecule has 1 N–H and O–H groups in total. The van der Waals surface area contributed by atoms with Gasteiger partial charge in [-0.2, -0.15) is 0 Å². The van der Waals surface area contributed by atoms with Crippen LogP contribution in [0.2, 0.25) is 0 Å². The summed E-state index contributed by atoms with van der Waals surface area (Å²) in [6.07, 6.45) is 0.0529. The van der Waals surface area contributed by atoms with E-state index < -0.39 is 5.82 Å². The summed E-state index contributed by atoms with van der Waals surface area (Å²) in [7, 11) is 0. The molecule has 0 bridgehead atoms. The van der Waals surface area contributed by atoms with Gasteiger partial charge in [0.25, 0.3) is 0 Å². The highest BCUT2D eigenvalue weighted by atomic mass is 79.9. The first-order valence-electron chi connectivity index (χ1n) is 3.68. The first-order valence-corrected chi connectivity index (χ1v) is 4.80. The van der Waals surface area contributed by atoms with Gasteiger partial charge in [0.05, 0.1) is 5.33 Å². The van der Waals surface area contributed by atoms with Gasteiger partial charge >= 0.3 is 0 Å². The third-order valence-electron chi connectivity index (χ3n) is 1.57. The van der Waals surface area contributed by atoms with E-state index in [0.29, 0.717) is 5.56 Å². The van der Waals surface area contributed by atoms with Crippen molar-refractivity contribution in [2.24, 2.45) is 0 Å². The number of phenolic OH excluding ortho intramolecular Hbond substituents is 1. The molecule has 1 aromatic rings. The number of carbonyl (C=O) groups is 1. The van der Waals surface area contributed by atoms with E-state index in [1.54, 1.807) is 0 Å². The lowest BCUT2D eigenvalue weighted by atomic mass is 10.1. The average molecular weight is 247 g/mol.